The van der Waals surface area contributed by atoms with E-state index in [-0.39, 0.29) is 0 Å². The van der Waals surface area contributed by atoms with Gasteiger partial charge in [-0.25, -0.2) is 4.99 Å². The van der Waals surface area contributed by atoms with Crippen molar-refractivity contribution >= 4 is 16.9 Å². The van der Waals surface area contributed by atoms with Crippen LogP contribution in [-0.4, -0.2) is 23.3 Å². The van der Waals surface area contributed by atoms with Gasteiger partial charge in [-0.15, -0.1) is 0 Å². The van der Waals surface area contributed by atoms with Gasteiger partial charge in [-0.2, -0.15) is 0 Å². The summed E-state index contributed by atoms with van der Waals surface area (Å²) in [4.78, 5) is 5.90. The second-order valence-corrected chi connectivity index (χ2v) is 2.16. The molecule has 0 atom stereocenters. The fraction of sp³-hybridized carbons (Fsp3) is 0.500. The lowest BCUT2D eigenvalue weighted by Crippen LogP contribution is -2.28. The van der Waals surface area contributed by atoms with E-state index in [0.717, 1.165) is 13.1 Å². The smallest absolute Gasteiger partial charge is 0.198 e. The first-order chi connectivity index (χ1) is 4.34. The SMILES string of the molecule is CCN1CC=CN=C1Cl. The molecule has 50 valence electrons. The van der Waals surface area contributed by atoms with E-state index in [1.165, 1.54) is 0 Å². The van der Waals surface area contributed by atoms with Gasteiger partial charge < -0.3 is 4.90 Å². The quantitative estimate of drug-likeness (QED) is 0.509. The van der Waals surface area contributed by atoms with Crippen LogP contribution in [0.1, 0.15) is 6.92 Å². The Labute approximate surface area is 59.8 Å². The third-order valence-corrected chi connectivity index (χ3v) is 1.59. The normalized spacial score (nSPS) is 18.0. The summed E-state index contributed by atoms with van der Waals surface area (Å²) in [5.74, 6) is 0. The molecular weight excluding hydrogens is 136 g/mol. The Morgan fingerprint density at radius 1 is 1.89 bits per heavy atom. The molecule has 2 nitrogen and oxygen atoms in total. The van der Waals surface area contributed by atoms with Gasteiger partial charge in [-0.05, 0) is 24.6 Å². The van der Waals surface area contributed by atoms with E-state index in [1.54, 1.807) is 6.20 Å². The van der Waals surface area contributed by atoms with Crippen LogP contribution in [0.4, 0.5) is 0 Å². The Balaban J connectivity index is 2.59. The number of rotatable bonds is 1. The van der Waals surface area contributed by atoms with Crippen LogP contribution >= 0.6 is 11.6 Å². The molecule has 0 fully saturated rings. The second kappa shape index (κ2) is 2.87. The van der Waals surface area contributed by atoms with Crippen LogP contribution < -0.4 is 0 Å². The molecule has 1 aliphatic heterocycles. The minimum absolute atomic E-state index is 0.597. The third-order valence-electron chi connectivity index (χ3n) is 1.25. The molecule has 3 heteroatoms. The zero-order valence-electron chi connectivity index (χ0n) is 5.34. The summed E-state index contributed by atoms with van der Waals surface area (Å²) in [7, 11) is 0. The Morgan fingerprint density at radius 3 is 3.11 bits per heavy atom. The standard InChI is InChI=1S/C6H9ClN2/c1-2-9-5-3-4-8-6(9)7/h3-4H,2,5H2,1H3. The van der Waals surface area contributed by atoms with Crippen molar-refractivity contribution in [2.24, 2.45) is 4.99 Å². The van der Waals surface area contributed by atoms with Crippen molar-refractivity contribution in [3.8, 4) is 0 Å². The number of aliphatic imine (C=N–C) groups is 1. The predicted octanol–water partition coefficient (Wildman–Crippen LogP) is 1.43. The third kappa shape index (κ3) is 1.45. The van der Waals surface area contributed by atoms with E-state index < -0.39 is 0 Å². The lowest BCUT2D eigenvalue weighted by molar-refractivity contribution is 0.491. The predicted molar refractivity (Wildman–Crippen MR) is 39.7 cm³/mol. The molecule has 0 aromatic carbocycles. The molecule has 1 heterocycles. The van der Waals surface area contributed by atoms with Gasteiger partial charge in [0, 0.05) is 19.3 Å². The van der Waals surface area contributed by atoms with Gasteiger partial charge in [0.2, 0.25) is 0 Å². The minimum atomic E-state index is 0.597. The van der Waals surface area contributed by atoms with E-state index in [1.807, 2.05) is 11.0 Å². The van der Waals surface area contributed by atoms with E-state index >= 15 is 0 Å². The number of nitrogens with zero attached hydrogens (tertiary/aromatic N) is 2. The number of likely N-dealkylation sites (N-methyl/N-ethyl adjacent to an activating group) is 1. The molecule has 0 amide bonds. The summed E-state index contributed by atoms with van der Waals surface area (Å²) in [5.41, 5.74) is 0. The summed E-state index contributed by atoms with van der Waals surface area (Å²) in [6, 6.07) is 0. The molecule has 0 aromatic heterocycles. The highest BCUT2D eigenvalue weighted by Gasteiger charge is 2.05. The summed E-state index contributed by atoms with van der Waals surface area (Å²) in [6.45, 7) is 3.86. The Hall–Kier alpha value is -0.500. The molecule has 0 radical (unpaired) electrons. The van der Waals surface area contributed by atoms with E-state index in [2.05, 4.69) is 11.9 Å². The maximum absolute atomic E-state index is 5.71. The van der Waals surface area contributed by atoms with E-state index in [9.17, 15) is 0 Å². The van der Waals surface area contributed by atoms with Crippen molar-refractivity contribution < 1.29 is 0 Å². The Kier molecular flexibility index (Phi) is 2.11. The van der Waals surface area contributed by atoms with Crippen molar-refractivity contribution in [2.75, 3.05) is 13.1 Å². The van der Waals surface area contributed by atoms with Crippen molar-refractivity contribution in [2.45, 2.75) is 6.92 Å². The van der Waals surface area contributed by atoms with Gasteiger partial charge >= 0.3 is 0 Å². The molecule has 1 rings (SSSR count). The average Bonchev–Trinajstić information content (AvgIpc) is 1.89. The maximum Gasteiger partial charge on any atom is 0.198 e. The van der Waals surface area contributed by atoms with Gasteiger partial charge in [0.15, 0.2) is 5.29 Å². The zero-order chi connectivity index (χ0) is 6.69. The average molecular weight is 145 g/mol. The molecule has 0 bridgehead atoms. The second-order valence-electron chi connectivity index (χ2n) is 1.82. The molecular formula is C6H9ClN2. The fourth-order valence-corrected chi connectivity index (χ4v) is 0.950. The van der Waals surface area contributed by atoms with Crippen LogP contribution in [0.25, 0.3) is 0 Å². The van der Waals surface area contributed by atoms with Crippen molar-refractivity contribution in [1.82, 2.24) is 4.90 Å². The molecule has 0 N–H and O–H groups in total. The number of hydrogen-bond acceptors (Lipinski definition) is 2. The molecule has 0 aliphatic carbocycles. The molecule has 0 saturated heterocycles. The van der Waals surface area contributed by atoms with Gasteiger partial charge in [0.05, 0.1) is 0 Å². The highest BCUT2D eigenvalue weighted by atomic mass is 35.5. The largest absolute Gasteiger partial charge is 0.343 e. The first kappa shape index (κ1) is 6.62. The summed E-state index contributed by atoms with van der Waals surface area (Å²) in [6.07, 6.45) is 3.71. The highest BCUT2D eigenvalue weighted by Crippen LogP contribution is 2.02. The molecule has 9 heavy (non-hydrogen) atoms. The van der Waals surface area contributed by atoms with Crippen molar-refractivity contribution in [3.05, 3.63) is 12.3 Å². The van der Waals surface area contributed by atoms with Crippen LogP contribution in [0.3, 0.4) is 0 Å². The summed E-state index contributed by atoms with van der Waals surface area (Å²) >= 11 is 5.71. The van der Waals surface area contributed by atoms with Crippen LogP contribution in [0.15, 0.2) is 17.3 Å². The number of hydrogen-bond donors (Lipinski definition) is 0. The highest BCUT2D eigenvalue weighted by molar-refractivity contribution is 6.64. The fourth-order valence-electron chi connectivity index (χ4n) is 0.705. The van der Waals surface area contributed by atoms with Crippen molar-refractivity contribution in [1.29, 1.82) is 0 Å². The van der Waals surface area contributed by atoms with Gasteiger partial charge in [-0.1, -0.05) is 0 Å². The monoisotopic (exact) mass is 144 g/mol. The van der Waals surface area contributed by atoms with Gasteiger partial charge in [-0.3, -0.25) is 0 Å². The van der Waals surface area contributed by atoms with Gasteiger partial charge in [0.25, 0.3) is 0 Å². The molecule has 1 aliphatic rings. The number of halogens is 1. The van der Waals surface area contributed by atoms with E-state index in [0.29, 0.717) is 5.29 Å². The zero-order valence-corrected chi connectivity index (χ0v) is 6.10. The lowest BCUT2D eigenvalue weighted by atomic mass is 10.5. The summed E-state index contributed by atoms with van der Waals surface area (Å²) < 4.78 is 0. The minimum Gasteiger partial charge on any atom is -0.343 e. The van der Waals surface area contributed by atoms with Gasteiger partial charge in [0.1, 0.15) is 0 Å². The maximum atomic E-state index is 5.71. The lowest BCUT2D eigenvalue weighted by Gasteiger charge is -2.19. The Morgan fingerprint density at radius 2 is 2.67 bits per heavy atom. The van der Waals surface area contributed by atoms with E-state index in [4.69, 9.17) is 11.6 Å². The topological polar surface area (TPSA) is 15.6 Å². The van der Waals surface area contributed by atoms with Crippen LogP contribution in [0.5, 0.6) is 0 Å². The Bertz CT molecular complexity index is 151. The summed E-state index contributed by atoms with van der Waals surface area (Å²) in [5, 5.41) is 0.597. The molecule has 0 unspecified atom stereocenters. The molecule has 0 spiro atoms. The number of amidine groups is 1. The molecule has 0 saturated carbocycles. The van der Waals surface area contributed by atoms with Crippen LogP contribution in [-0.2, 0) is 0 Å². The van der Waals surface area contributed by atoms with Crippen LogP contribution in [0, 0.1) is 0 Å². The molecule has 0 aromatic rings. The first-order valence-electron chi connectivity index (χ1n) is 2.98. The van der Waals surface area contributed by atoms with Crippen molar-refractivity contribution in [3.63, 3.8) is 0 Å². The van der Waals surface area contributed by atoms with Crippen LogP contribution in [0.2, 0.25) is 0 Å². The first-order valence-corrected chi connectivity index (χ1v) is 3.35.